The van der Waals surface area contributed by atoms with E-state index >= 15 is 0 Å². The second kappa shape index (κ2) is 3.75. The fraction of sp³-hybridized carbons (Fsp3) is 0.800. The minimum absolute atomic E-state index is 0.261. The molecule has 1 atom stereocenters. The quantitative estimate of drug-likeness (QED) is 0.684. The number of aromatic nitrogens is 4. The molecule has 1 rings (SSSR count). The Bertz CT molecular complexity index is 249. The maximum atomic E-state index is 11.9. The third kappa shape index (κ3) is 2.10. The molecule has 7 heteroatoms. The van der Waals surface area contributed by atoms with E-state index in [0.29, 0.717) is 0 Å². The van der Waals surface area contributed by atoms with Crippen molar-refractivity contribution in [3.05, 3.63) is 5.82 Å². The summed E-state index contributed by atoms with van der Waals surface area (Å²) in [7, 11) is 0. The number of alkyl halides is 3. The number of rotatable bonds is 3. The van der Waals surface area contributed by atoms with Gasteiger partial charge in [-0.15, -0.1) is 16.7 Å². The highest BCUT2D eigenvalue weighted by molar-refractivity contribution is 6.20. The van der Waals surface area contributed by atoms with Gasteiger partial charge < -0.3 is 0 Å². The van der Waals surface area contributed by atoms with Crippen LogP contribution >= 0.6 is 11.6 Å². The molecule has 0 bridgehead atoms. The normalized spacial score (nSPS) is 13.8. The molecule has 0 saturated carbocycles. The van der Waals surface area contributed by atoms with Gasteiger partial charge in [-0.2, -0.15) is 0 Å². The van der Waals surface area contributed by atoms with Crippen molar-refractivity contribution in [1.29, 1.82) is 0 Å². The summed E-state index contributed by atoms with van der Waals surface area (Å²) in [5.41, 5.74) is 0. The molecule has 1 aromatic heterocycles. The summed E-state index contributed by atoms with van der Waals surface area (Å²) in [5, 5.41) is 9.66. The standard InChI is InChI=1S/C5H7ClF2N4/c1-3(6)5-9-10-11-12(5)2-4(7)8/h3-4H,2H2,1H3. The van der Waals surface area contributed by atoms with Gasteiger partial charge in [0.05, 0.1) is 5.38 Å². The minimum Gasteiger partial charge on any atom is -0.222 e. The Morgan fingerprint density at radius 1 is 1.58 bits per heavy atom. The molecule has 4 nitrogen and oxygen atoms in total. The largest absolute Gasteiger partial charge is 0.258 e. The fourth-order valence-corrected chi connectivity index (χ4v) is 0.914. The maximum absolute atomic E-state index is 11.9. The first-order valence-corrected chi connectivity index (χ1v) is 3.73. The van der Waals surface area contributed by atoms with Crippen LogP contribution in [0.15, 0.2) is 0 Å². The number of halogens is 3. The van der Waals surface area contributed by atoms with Crippen LogP contribution in [-0.2, 0) is 6.54 Å². The van der Waals surface area contributed by atoms with Gasteiger partial charge in [0.1, 0.15) is 6.54 Å². The van der Waals surface area contributed by atoms with Crippen LogP contribution in [0.4, 0.5) is 8.78 Å². The van der Waals surface area contributed by atoms with Gasteiger partial charge in [0.15, 0.2) is 5.82 Å². The van der Waals surface area contributed by atoms with E-state index < -0.39 is 18.3 Å². The van der Waals surface area contributed by atoms with Crippen LogP contribution in [0.5, 0.6) is 0 Å². The van der Waals surface area contributed by atoms with Gasteiger partial charge in [0.2, 0.25) is 0 Å². The molecule has 0 spiro atoms. The third-order valence-electron chi connectivity index (χ3n) is 1.23. The van der Waals surface area contributed by atoms with Crippen molar-refractivity contribution in [2.75, 3.05) is 0 Å². The van der Waals surface area contributed by atoms with Gasteiger partial charge >= 0.3 is 0 Å². The summed E-state index contributed by atoms with van der Waals surface area (Å²) in [6.07, 6.45) is -2.47. The van der Waals surface area contributed by atoms with Crippen molar-refractivity contribution in [2.45, 2.75) is 25.3 Å². The molecule has 68 valence electrons. The predicted molar refractivity (Wildman–Crippen MR) is 38.1 cm³/mol. The Labute approximate surface area is 72.5 Å². The molecule has 0 saturated heterocycles. The van der Waals surface area contributed by atoms with Gasteiger partial charge in [-0.3, -0.25) is 0 Å². The SMILES string of the molecule is CC(Cl)c1nnnn1CC(F)F. The summed E-state index contributed by atoms with van der Waals surface area (Å²) in [5.74, 6) is 0.261. The van der Waals surface area contributed by atoms with Crippen LogP contribution in [0.25, 0.3) is 0 Å². The van der Waals surface area contributed by atoms with E-state index in [2.05, 4.69) is 15.5 Å². The average molecular weight is 197 g/mol. The minimum atomic E-state index is -2.47. The lowest BCUT2D eigenvalue weighted by molar-refractivity contribution is 0.119. The topological polar surface area (TPSA) is 43.6 Å². The molecule has 0 amide bonds. The van der Waals surface area contributed by atoms with E-state index in [1.54, 1.807) is 6.92 Å². The molecule has 0 aliphatic carbocycles. The van der Waals surface area contributed by atoms with E-state index in [4.69, 9.17) is 11.6 Å². The lowest BCUT2D eigenvalue weighted by Crippen LogP contribution is -2.12. The predicted octanol–water partition coefficient (Wildman–Crippen LogP) is 1.24. The molecule has 0 aromatic carbocycles. The second-order valence-electron chi connectivity index (χ2n) is 2.23. The van der Waals surface area contributed by atoms with Gasteiger partial charge in [0.25, 0.3) is 6.43 Å². The zero-order chi connectivity index (χ0) is 9.14. The Morgan fingerprint density at radius 3 is 2.75 bits per heavy atom. The third-order valence-corrected chi connectivity index (χ3v) is 1.42. The van der Waals surface area contributed by atoms with E-state index in [1.165, 1.54) is 0 Å². The fourth-order valence-electron chi connectivity index (χ4n) is 0.757. The highest BCUT2D eigenvalue weighted by atomic mass is 35.5. The first-order chi connectivity index (χ1) is 5.61. The van der Waals surface area contributed by atoms with Crippen LogP contribution < -0.4 is 0 Å². The highest BCUT2D eigenvalue weighted by Gasteiger charge is 2.14. The molecule has 1 heterocycles. The van der Waals surface area contributed by atoms with Crippen LogP contribution in [0, 0.1) is 0 Å². The second-order valence-corrected chi connectivity index (χ2v) is 2.88. The van der Waals surface area contributed by atoms with Gasteiger partial charge in [-0.05, 0) is 17.4 Å². The molecule has 0 radical (unpaired) electrons. The Morgan fingerprint density at radius 2 is 2.25 bits per heavy atom. The average Bonchev–Trinajstić information content (AvgIpc) is 2.33. The Balaban J connectivity index is 2.77. The molecular weight excluding hydrogens is 190 g/mol. The summed E-state index contributed by atoms with van der Waals surface area (Å²) in [4.78, 5) is 0. The molecule has 12 heavy (non-hydrogen) atoms. The van der Waals surface area contributed by atoms with Crippen molar-refractivity contribution in [3.8, 4) is 0 Å². The van der Waals surface area contributed by atoms with Crippen molar-refractivity contribution in [1.82, 2.24) is 20.2 Å². The Hall–Kier alpha value is -0.780. The number of hydrogen-bond acceptors (Lipinski definition) is 3. The summed E-state index contributed by atoms with van der Waals surface area (Å²) >= 11 is 5.62. The van der Waals surface area contributed by atoms with Gasteiger partial charge in [-0.1, -0.05) is 0 Å². The van der Waals surface area contributed by atoms with Gasteiger partial charge in [0, 0.05) is 0 Å². The molecule has 0 N–H and O–H groups in total. The van der Waals surface area contributed by atoms with E-state index in [9.17, 15) is 8.78 Å². The van der Waals surface area contributed by atoms with E-state index in [1.807, 2.05) is 0 Å². The van der Waals surface area contributed by atoms with Crippen LogP contribution in [0.1, 0.15) is 18.1 Å². The smallest absolute Gasteiger partial charge is 0.222 e. The van der Waals surface area contributed by atoms with E-state index in [0.717, 1.165) is 4.68 Å². The first-order valence-electron chi connectivity index (χ1n) is 3.29. The highest BCUT2D eigenvalue weighted by Crippen LogP contribution is 2.15. The number of tetrazole rings is 1. The van der Waals surface area contributed by atoms with Crippen molar-refractivity contribution in [2.24, 2.45) is 0 Å². The van der Waals surface area contributed by atoms with Crippen molar-refractivity contribution >= 4 is 11.6 Å². The van der Waals surface area contributed by atoms with Crippen molar-refractivity contribution in [3.63, 3.8) is 0 Å². The number of nitrogens with zero attached hydrogens (tertiary/aromatic N) is 4. The monoisotopic (exact) mass is 196 g/mol. The summed E-state index contributed by atoms with van der Waals surface area (Å²) < 4.78 is 24.8. The maximum Gasteiger partial charge on any atom is 0.258 e. The zero-order valence-electron chi connectivity index (χ0n) is 6.28. The van der Waals surface area contributed by atoms with Crippen LogP contribution in [0.2, 0.25) is 0 Å². The number of hydrogen-bond donors (Lipinski definition) is 0. The van der Waals surface area contributed by atoms with E-state index in [-0.39, 0.29) is 5.82 Å². The molecular formula is C5H7ClF2N4. The summed E-state index contributed by atoms with van der Waals surface area (Å²) in [6.45, 7) is 1.11. The molecule has 0 aliphatic heterocycles. The van der Waals surface area contributed by atoms with Gasteiger partial charge in [-0.25, -0.2) is 13.5 Å². The van der Waals surface area contributed by atoms with Crippen LogP contribution in [-0.4, -0.2) is 26.6 Å². The lowest BCUT2D eigenvalue weighted by Gasteiger charge is -2.03. The molecule has 1 aromatic rings. The Kier molecular flexibility index (Phi) is 2.91. The van der Waals surface area contributed by atoms with Crippen molar-refractivity contribution < 1.29 is 8.78 Å². The first kappa shape index (κ1) is 9.31. The summed E-state index contributed by atoms with van der Waals surface area (Å²) in [6, 6.07) is 0. The molecule has 0 aliphatic rings. The lowest BCUT2D eigenvalue weighted by atomic mass is 10.4. The molecule has 0 fully saturated rings. The molecule has 1 unspecified atom stereocenters. The zero-order valence-corrected chi connectivity index (χ0v) is 7.04. The van der Waals surface area contributed by atoms with Crippen LogP contribution in [0.3, 0.4) is 0 Å².